The summed E-state index contributed by atoms with van der Waals surface area (Å²) in [5, 5.41) is 3.70. The highest BCUT2D eigenvalue weighted by atomic mass is 32.2. The van der Waals surface area contributed by atoms with E-state index in [4.69, 9.17) is 0 Å². The molecule has 16 heavy (non-hydrogen) atoms. The maximum absolute atomic E-state index is 3.70. The molecule has 2 unspecified atom stereocenters. The van der Waals surface area contributed by atoms with Crippen LogP contribution in [-0.2, 0) is 0 Å². The number of nitrogens with zero attached hydrogens (tertiary/aromatic N) is 1. The lowest BCUT2D eigenvalue weighted by atomic mass is 10.1. The van der Waals surface area contributed by atoms with Crippen molar-refractivity contribution in [1.29, 1.82) is 0 Å². The van der Waals surface area contributed by atoms with Gasteiger partial charge in [0.15, 0.2) is 0 Å². The largest absolute Gasteiger partial charge is 0.313 e. The Morgan fingerprint density at radius 2 is 2.12 bits per heavy atom. The first-order chi connectivity index (χ1) is 7.86. The minimum atomic E-state index is 0.779. The van der Waals surface area contributed by atoms with Crippen molar-refractivity contribution in [3.8, 4) is 0 Å². The van der Waals surface area contributed by atoms with Crippen LogP contribution in [0.1, 0.15) is 39.0 Å². The molecule has 3 heteroatoms. The highest BCUT2D eigenvalue weighted by Gasteiger charge is 2.18. The molecule has 0 aromatic rings. The van der Waals surface area contributed by atoms with Gasteiger partial charge in [-0.2, -0.15) is 11.8 Å². The Hall–Kier alpha value is 0.270. The number of rotatable bonds is 5. The molecule has 2 aliphatic heterocycles. The zero-order valence-corrected chi connectivity index (χ0v) is 11.4. The molecule has 2 heterocycles. The molecule has 2 rings (SSSR count). The summed E-state index contributed by atoms with van der Waals surface area (Å²) in [6, 6.07) is 1.58. The smallest absolute Gasteiger partial charge is 0.0166 e. The van der Waals surface area contributed by atoms with Crippen molar-refractivity contribution in [2.45, 2.75) is 51.1 Å². The molecule has 2 fully saturated rings. The molecule has 1 N–H and O–H groups in total. The maximum Gasteiger partial charge on any atom is 0.0166 e. The number of likely N-dealkylation sites (tertiary alicyclic amines) is 1. The Labute approximate surface area is 105 Å². The molecule has 0 radical (unpaired) electrons. The normalized spacial score (nSPS) is 29.4. The standard InChI is InChI=1S/C13H26N2S/c1-12(15-8-3-2-4-9-15)5-7-14-13-6-10-16-11-13/h12-14H,2-11H2,1H3. The predicted molar refractivity (Wildman–Crippen MR) is 73.2 cm³/mol. The summed E-state index contributed by atoms with van der Waals surface area (Å²) in [5.41, 5.74) is 0. The van der Waals surface area contributed by atoms with Gasteiger partial charge in [-0.05, 0) is 58.0 Å². The van der Waals surface area contributed by atoms with E-state index in [1.807, 2.05) is 0 Å². The Kier molecular flexibility index (Phi) is 5.46. The molecule has 0 saturated carbocycles. The highest BCUT2D eigenvalue weighted by Crippen LogP contribution is 2.17. The molecule has 2 atom stereocenters. The molecular weight excluding hydrogens is 216 g/mol. The van der Waals surface area contributed by atoms with E-state index < -0.39 is 0 Å². The van der Waals surface area contributed by atoms with Crippen LogP contribution in [0.25, 0.3) is 0 Å². The van der Waals surface area contributed by atoms with Crippen LogP contribution in [0.2, 0.25) is 0 Å². The average molecular weight is 242 g/mol. The molecule has 0 spiro atoms. The zero-order valence-electron chi connectivity index (χ0n) is 10.6. The van der Waals surface area contributed by atoms with Crippen molar-refractivity contribution in [2.75, 3.05) is 31.1 Å². The molecular formula is C13H26N2S. The van der Waals surface area contributed by atoms with Crippen molar-refractivity contribution in [2.24, 2.45) is 0 Å². The summed E-state index contributed by atoms with van der Waals surface area (Å²) in [7, 11) is 0. The van der Waals surface area contributed by atoms with Crippen LogP contribution in [0.4, 0.5) is 0 Å². The van der Waals surface area contributed by atoms with Gasteiger partial charge in [-0.1, -0.05) is 6.42 Å². The van der Waals surface area contributed by atoms with Gasteiger partial charge in [0.25, 0.3) is 0 Å². The van der Waals surface area contributed by atoms with E-state index in [2.05, 4.69) is 28.9 Å². The van der Waals surface area contributed by atoms with E-state index in [-0.39, 0.29) is 0 Å². The average Bonchev–Trinajstić information content (AvgIpc) is 2.83. The zero-order chi connectivity index (χ0) is 11.2. The quantitative estimate of drug-likeness (QED) is 0.797. The summed E-state index contributed by atoms with van der Waals surface area (Å²) in [6.45, 7) is 6.28. The minimum absolute atomic E-state index is 0.779. The van der Waals surface area contributed by atoms with Gasteiger partial charge >= 0.3 is 0 Å². The van der Waals surface area contributed by atoms with Crippen LogP contribution in [-0.4, -0.2) is 48.1 Å². The van der Waals surface area contributed by atoms with Crippen LogP contribution in [0.3, 0.4) is 0 Å². The maximum atomic E-state index is 3.70. The van der Waals surface area contributed by atoms with Crippen molar-refractivity contribution in [3.63, 3.8) is 0 Å². The van der Waals surface area contributed by atoms with E-state index in [1.54, 1.807) is 0 Å². The second-order valence-electron chi connectivity index (χ2n) is 5.25. The number of hydrogen-bond acceptors (Lipinski definition) is 3. The molecule has 0 aromatic heterocycles. The van der Waals surface area contributed by atoms with E-state index in [0.717, 1.165) is 12.1 Å². The Balaban J connectivity index is 1.57. The molecule has 94 valence electrons. The second-order valence-corrected chi connectivity index (χ2v) is 6.40. The number of hydrogen-bond donors (Lipinski definition) is 1. The molecule has 2 saturated heterocycles. The molecule has 0 aromatic carbocycles. The lowest BCUT2D eigenvalue weighted by Crippen LogP contribution is -2.40. The first-order valence-corrected chi connectivity index (χ1v) is 8.07. The molecule has 0 bridgehead atoms. The fourth-order valence-corrected chi connectivity index (χ4v) is 3.92. The van der Waals surface area contributed by atoms with Gasteiger partial charge < -0.3 is 10.2 Å². The third kappa shape index (κ3) is 3.94. The van der Waals surface area contributed by atoms with Crippen LogP contribution in [0, 0.1) is 0 Å². The number of piperidine rings is 1. The topological polar surface area (TPSA) is 15.3 Å². The van der Waals surface area contributed by atoms with Gasteiger partial charge in [0.2, 0.25) is 0 Å². The monoisotopic (exact) mass is 242 g/mol. The third-order valence-electron chi connectivity index (χ3n) is 3.94. The van der Waals surface area contributed by atoms with Crippen LogP contribution in [0.15, 0.2) is 0 Å². The molecule has 0 amide bonds. The summed E-state index contributed by atoms with van der Waals surface area (Å²) in [4.78, 5) is 2.68. The van der Waals surface area contributed by atoms with E-state index in [1.165, 1.54) is 63.2 Å². The predicted octanol–water partition coefficient (Wildman–Crippen LogP) is 2.35. The molecule has 2 nitrogen and oxygen atoms in total. The SMILES string of the molecule is CC(CCNC1CCSC1)N1CCCCC1. The first kappa shape index (κ1) is 12.7. The Morgan fingerprint density at radius 1 is 1.31 bits per heavy atom. The first-order valence-electron chi connectivity index (χ1n) is 6.91. The fraction of sp³-hybridized carbons (Fsp3) is 1.00. The van der Waals surface area contributed by atoms with E-state index >= 15 is 0 Å². The van der Waals surface area contributed by atoms with Gasteiger partial charge in [-0.15, -0.1) is 0 Å². The number of thioether (sulfide) groups is 1. The van der Waals surface area contributed by atoms with Gasteiger partial charge in [0.05, 0.1) is 0 Å². The molecule has 0 aliphatic carbocycles. The van der Waals surface area contributed by atoms with Crippen molar-refractivity contribution in [3.05, 3.63) is 0 Å². The van der Waals surface area contributed by atoms with Gasteiger partial charge in [0.1, 0.15) is 0 Å². The van der Waals surface area contributed by atoms with Crippen molar-refractivity contribution >= 4 is 11.8 Å². The highest BCUT2D eigenvalue weighted by molar-refractivity contribution is 7.99. The summed E-state index contributed by atoms with van der Waals surface area (Å²) in [6.07, 6.45) is 6.97. The van der Waals surface area contributed by atoms with Crippen molar-refractivity contribution < 1.29 is 0 Å². The van der Waals surface area contributed by atoms with Crippen LogP contribution in [0.5, 0.6) is 0 Å². The summed E-state index contributed by atoms with van der Waals surface area (Å²) >= 11 is 2.10. The Morgan fingerprint density at radius 3 is 2.81 bits per heavy atom. The van der Waals surface area contributed by atoms with Crippen LogP contribution >= 0.6 is 11.8 Å². The van der Waals surface area contributed by atoms with E-state index in [0.29, 0.717) is 0 Å². The van der Waals surface area contributed by atoms with Gasteiger partial charge in [0, 0.05) is 17.8 Å². The number of nitrogens with one attached hydrogen (secondary N) is 1. The summed E-state index contributed by atoms with van der Waals surface area (Å²) in [5.74, 6) is 2.69. The molecule has 2 aliphatic rings. The summed E-state index contributed by atoms with van der Waals surface area (Å²) < 4.78 is 0. The Bertz CT molecular complexity index is 186. The van der Waals surface area contributed by atoms with Crippen molar-refractivity contribution in [1.82, 2.24) is 10.2 Å². The lowest BCUT2D eigenvalue weighted by molar-refractivity contribution is 0.165. The van der Waals surface area contributed by atoms with Gasteiger partial charge in [-0.25, -0.2) is 0 Å². The lowest BCUT2D eigenvalue weighted by Gasteiger charge is -2.32. The second kappa shape index (κ2) is 6.87. The fourth-order valence-electron chi connectivity index (χ4n) is 2.73. The van der Waals surface area contributed by atoms with E-state index in [9.17, 15) is 0 Å². The third-order valence-corrected chi connectivity index (χ3v) is 5.10. The van der Waals surface area contributed by atoms with Crippen LogP contribution < -0.4 is 5.32 Å². The minimum Gasteiger partial charge on any atom is -0.313 e. The van der Waals surface area contributed by atoms with Gasteiger partial charge in [-0.3, -0.25) is 0 Å².